The summed E-state index contributed by atoms with van der Waals surface area (Å²) in [4.78, 5) is 48.5. The number of aliphatic hydroxyl groups excluding tert-OH is 1. The molecule has 0 saturated carbocycles. The van der Waals surface area contributed by atoms with E-state index in [1.165, 1.54) is 12.2 Å². The fourth-order valence-electron chi connectivity index (χ4n) is 2.63. The van der Waals surface area contributed by atoms with Crippen molar-refractivity contribution in [2.24, 2.45) is 0 Å². The molecule has 0 radical (unpaired) electrons. The molecule has 11 heteroatoms. The van der Waals surface area contributed by atoms with Gasteiger partial charge in [0.05, 0.1) is 32.5 Å². The quantitative estimate of drug-likeness (QED) is 0.211. The van der Waals surface area contributed by atoms with E-state index in [4.69, 9.17) is 14.6 Å². The highest BCUT2D eigenvalue weighted by atomic mass is 16.6. The highest BCUT2D eigenvalue weighted by Gasteiger charge is 2.25. The number of unbranched alkanes of at least 4 members (excludes halogenated alkanes) is 1. The van der Waals surface area contributed by atoms with Gasteiger partial charge in [0.1, 0.15) is 5.60 Å². The maximum absolute atomic E-state index is 12.5. The minimum atomic E-state index is -0.638. The van der Waals surface area contributed by atoms with Gasteiger partial charge in [0, 0.05) is 25.2 Å². The van der Waals surface area contributed by atoms with Gasteiger partial charge >= 0.3 is 6.09 Å². The van der Waals surface area contributed by atoms with E-state index in [1.54, 1.807) is 20.8 Å². The number of imide groups is 1. The zero-order chi connectivity index (χ0) is 23.3. The van der Waals surface area contributed by atoms with Crippen LogP contribution >= 0.6 is 0 Å². The topological polar surface area (TPSA) is 146 Å². The fourth-order valence-corrected chi connectivity index (χ4v) is 2.63. The molecule has 1 aliphatic rings. The van der Waals surface area contributed by atoms with Crippen molar-refractivity contribution in [2.45, 2.75) is 51.7 Å². The molecule has 176 valence electrons. The van der Waals surface area contributed by atoms with Crippen molar-refractivity contribution in [3.8, 4) is 0 Å². The number of carbonyl (C=O) groups excluding carboxylic acids is 4. The number of aliphatic hydroxyl groups is 1. The van der Waals surface area contributed by atoms with Gasteiger partial charge in [-0.3, -0.25) is 24.6 Å². The van der Waals surface area contributed by atoms with Crippen LogP contribution in [0.25, 0.3) is 0 Å². The summed E-state index contributed by atoms with van der Waals surface area (Å²) < 4.78 is 10.3. The second-order valence-electron chi connectivity index (χ2n) is 7.90. The normalized spacial score (nSPS) is 14.6. The van der Waals surface area contributed by atoms with E-state index in [1.807, 2.05) is 0 Å². The van der Waals surface area contributed by atoms with E-state index < -0.39 is 29.6 Å². The second-order valence-corrected chi connectivity index (χ2v) is 7.90. The standard InChI is InChI=1S/C20H34N4O7/c1-20(2,3)31-19(29)22-9-5-4-6-15(18(28)21-10-12-30-13-11-25)23-14-24-16(26)7-8-17(24)27/h7-8,15,23,25H,4-6,9-14H2,1-3H3,(H,21,28)(H,22,29). The molecule has 31 heavy (non-hydrogen) atoms. The Balaban J connectivity index is 2.44. The van der Waals surface area contributed by atoms with E-state index in [9.17, 15) is 19.2 Å². The zero-order valence-electron chi connectivity index (χ0n) is 18.4. The number of alkyl carbamates (subject to hydrolysis) is 1. The average Bonchev–Trinajstić information content (AvgIpc) is 3.00. The predicted octanol–water partition coefficient (Wildman–Crippen LogP) is -0.353. The van der Waals surface area contributed by atoms with Gasteiger partial charge in [0.25, 0.3) is 11.8 Å². The molecule has 11 nitrogen and oxygen atoms in total. The van der Waals surface area contributed by atoms with Gasteiger partial charge in [-0.25, -0.2) is 4.79 Å². The fraction of sp³-hybridized carbons (Fsp3) is 0.700. The van der Waals surface area contributed by atoms with Crippen LogP contribution in [0.3, 0.4) is 0 Å². The van der Waals surface area contributed by atoms with E-state index in [0.717, 1.165) is 4.90 Å². The van der Waals surface area contributed by atoms with Crippen LogP contribution in [-0.4, -0.2) is 85.0 Å². The number of hydrogen-bond acceptors (Lipinski definition) is 8. The Bertz CT molecular complexity index is 628. The van der Waals surface area contributed by atoms with E-state index >= 15 is 0 Å². The molecule has 0 spiro atoms. The summed E-state index contributed by atoms with van der Waals surface area (Å²) in [5, 5.41) is 17.0. The van der Waals surface area contributed by atoms with Gasteiger partial charge in [-0.1, -0.05) is 0 Å². The molecule has 1 heterocycles. The number of nitrogens with zero attached hydrogens (tertiary/aromatic N) is 1. The number of carbonyl (C=O) groups is 4. The van der Waals surface area contributed by atoms with Crippen LogP contribution in [0, 0.1) is 0 Å². The number of hydrogen-bond donors (Lipinski definition) is 4. The van der Waals surface area contributed by atoms with E-state index in [0.29, 0.717) is 25.8 Å². The third kappa shape index (κ3) is 11.5. The van der Waals surface area contributed by atoms with Crippen molar-refractivity contribution in [3.05, 3.63) is 12.2 Å². The number of ether oxygens (including phenoxy) is 2. The zero-order valence-corrected chi connectivity index (χ0v) is 18.4. The summed E-state index contributed by atoms with van der Waals surface area (Å²) in [6, 6.07) is -0.638. The highest BCUT2D eigenvalue weighted by Crippen LogP contribution is 2.07. The third-order valence-electron chi connectivity index (χ3n) is 4.08. The first-order chi connectivity index (χ1) is 14.6. The summed E-state index contributed by atoms with van der Waals surface area (Å²) in [6.07, 6.45) is 3.53. The minimum absolute atomic E-state index is 0.0834. The monoisotopic (exact) mass is 442 g/mol. The molecule has 1 unspecified atom stereocenters. The molecule has 0 saturated heterocycles. The number of amides is 4. The molecule has 1 aliphatic heterocycles. The van der Waals surface area contributed by atoms with Crippen LogP contribution in [-0.2, 0) is 23.9 Å². The molecule has 1 atom stereocenters. The van der Waals surface area contributed by atoms with Gasteiger partial charge in [-0.15, -0.1) is 0 Å². The van der Waals surface area contributed by atoms with Gasteiger partial charge < -0.3 is 25.2 Å². The highest BCUT2D eigenvalue weighted by molar-refractivity contribution is 6.12. The average molecular weight is 443 g/mol. The first kappa shape index (κ1) is 26.5. The maximum atomic E-state index is 12.5. The molecule has 4 N–H and O–H groups in total. The van der Waals surface area contributed by atoms with Crippen molar-refractivity contribution < 1.29 is 33.8 Å². The largest absolute Gasteiger partial charge is 0.444 e. The van der Waals surface area contributed by atoms with Crippen LogP contribution in [0.5, 0.6) is 0 Å². The number of rotatable bonds is 14. The first-order valence-corrected chi connectivity index (χ1v) is 10.3. The molecule has 1 rings (SSSR count). The molecule has 0 bridgehead atoms. The Morgan fingerprint density at radius 1 is 1.06 bits per heavy atom. The Morgan fingerprint density at radius 2 is 1.74 bits per heavy atom. The van der Waals surface area contributed by atoms with Crippen LogP contribution < -0.4 is 16.0 Å². The van der Waals surface area contributed by atoms with Crippen molar-refractivity contribution in [1.29, 1.82) is 0 Å². The molecule has 4 amide bonds. The lowest BCUT2D eigenvalue weighted by molar-refractivity contribution is -0.138. The van der Waals surface area contributed by atoms with Crippen molar-refractivity contribution in [3.63, 3.8) is 0 Å². The molecular formula is C20H34N4O7. The van der Waals surface area contributed by atoms with Gasteiger partial charge in [-0.05, 0) is 40.0 Å². The van der Waals surface area contributed by atoms with Crippen LogP contribution in [0.2, 0.25) is 0 Å². The van der Waals surface area contributed by atoms with Crippen LogP contribution in [0.15, 0.2) is 12.2 Å². The molecule has 0 aromatic carbocycles. The summed E-state index contributed by atoms with van der Waals surface area (Å²) in [5.41, 5.74) is -0.572. The summed E-state index contributed by atoms with van der Waals surface area (Å²) in [6.45, 7) is 6.26. The molecule has 0 aromatic rings. The van der Waals surface area contributed by atoms with Gasteiger partial charge in [0.15, 0.2) is 0 Å². The predicted molar refractivity (Wildman–Crippen MR) is 112 cm³/mol. The van der Waals surface area contributed by atoms with Crippen LogP contribution in [0.1, 0.15) is 40.0 Å². The summed E-state index contributed by atoms with van der Waals surface area (Å²) >= 11 is 0. The maximum Gasteiger partial charge on any atom is 0.407 e. The Hall–Kier alpha value is -2.50. The van der Waals surface area contributed by atoms with Crippen molar-refractivity contribution in [1.82, 2.24) is 20.9 Å². The van der Waals surface area contributed by atoms with Crippen molar-refractivity contribution >= 4 is 23.8 Å². The Morgan fingerprint density at radius 3 is 2.35 bits per heavy atom. The number of nitrogens with one attached hydrogen (secondary N) is 3. The SMILES string of the molecule is CC(C)(C)OC(=O)NCCCCC(NCN1C(=O)C=CC1=O)C(=O)NCCOCCO. The summed E-state index contributed by atoms with van der Waals surface area (Å²) in [7, 11) is 0. The van der Waals surface area contributed by atoms with Crippen LogP contribution in [0.4, 0.5) is 4.79 Å². The summed E-state index contributed by atoms with van der Waals surface area (Å²) in [5.74, 6) is -1.16. The Labute approximate surface area is 182 Å². The molecule has 0 fully saturated rings. The van der Waals surface area contributed by atoms with E-state index in [-0.39, 0.29) is 38.9 Å². The minimum Gasteiger partial charge on any atom is -0.444 e. The van der Waals surface area contributed by atoms with Gasteiger partial charge in [0.2, 0.25) is 5.91 Å². The third-order valence-corrected chi connectivity index (χ3v) is 4.08. The van der Waals surface area contributed by atoms with Gasteiger partial charge in [-0.2, -0.15) is 0 Å². The molecule has 0 aliphatic carbocycles. The van der Waals surface area contributed by atoms with E-state index in [2.05, 4.69) is 16.0 Å². The smallest absolute Gasteiger partial charge is 0.407 e. The lowest BCUT2D eigenvalue weighted by atomic mass is 10.1. The van der Waals surface area contributed by atoms with Crippen molar-refractivity contribution in [2.75, 3.05) is 39.6 Å². The lowest BCUT2D eigenvalue weighted by Crippen LogP contribution is -2.50. The second kappa shape index (κ2) is 13.7. The molecule has 0 aromatic heterocycles. The molecular weight excluding hydrogens is 408 g/mol. The lowest BCUT2D eigenvalue weighted by Gasteiger charge is -2.22. The Kier molecular flexibility index (Phi) is 11.8. The first-order valence-electron chi connectivity index (χ1n) is 10.3.